The lowest BCUT2D eigenvalue weighted by Crippen LogP contribution is -2.16. The van der Waals surface area contributed by atoms with E-state index in [4.69, 9.17) is 0 Å². The van der Waals surface area contributed by atoms with E-state index in [0.29, 0.717) is 0 Å². The molecule has 11 rings (SSSR count). The smallest absolute Gasteiger partial charge is 0.0468 e. The molecule has 53 heavy (non-hydrogen) atoms. The van der Waals surface area contributed by atoms with Crippen LogP contribution in [-0.4, -0.2) is 0 Å². The highest BCUT2D eigenvalue weighted by molar-refractivity contribution is 7.25. The molecule has 0 spiro atoms. The molecule has 0 N–H and O–H groups in total. The van der Waals surface area contributed by atoms with Gasteiger partial charge in [-0.05, 0) is 120 Å². The molecular formula is C51H35NS. The third-order valence-electron chi connectivity index (χ3n) is 11.6. The molecule has 0 bridgehead atoms. The van der Waals surface area contributed by atoms with Gasteiger partial charge in [0.05, 0.1) is 0 Å². The quantitative estimate of drug-likeness (QED) is 0.166. The van der Waals surface area contributed by atoms with E-state index in [1.165, 1.54) is 91.6 Å². The molecule has 0 saturated carbocycles. The van der Waals surface area contributed by atoms with Crippen molar-refractivity contribution in [3.63, 3.8) is 0 Å². The summed E-state index contributed by atoms with van der Waals surface area (Å²) in [4.78, 5) is 2.44. The normalized spacial score (nSPS) is 13.2. The van der Waals surface area contributed by atoms with Crippen molar-refractivity contribution in [2.24, 2.45) is 0 Å². The van der Waals surface area contributed by atoms with E-state index in [1.807, 2.05) is 11.3 Å². The molecule has 1 aliphatic carbocycles. The minimum atomic E-state index is -0.0867. The van der Waals surface area contributed by atoms with Crippen LogP contribution in [0.25, 0.3) is 74.7 Å². The summed E-state index contributed by atoms with van der Waals surface area (Å²) >= 11 is 1.87. The van der Waals surface area contributed by atoms with Crippen LogP contribution in [0.4, 0.5) is 17.1 Å². The third kappa shape index (κ3) is 4.62. The minimum absolute atomic E-state index is 0.0867. The second-order valence-electron chi connectivity index (χ2n) is 14.9. The number of hydrogen-bond donors (Lipinski definition) is 0. The molecule has 0 unspecified atom stereocenters. The van der Waals surface area contributed by atoms with E-state index in [2.05, 4.69) is 195 Å². The predicted octanol–water partition coefficient (Wildman–Crippen LogP) is 15.0. The lowest BCUT2D eigenvalue weighted by Gasteiger charge is -2.28. The maximum Gasteiger partial charge on any atom is 0.0468 e. The van der Waals surface area contributed by atoms with Crippen LogP contribution < -0.4 is 4.90 Å². The minimum Gasteiger partial charge on any atom is -0.310 e. The molecule has 0 fully saturated rings. The lowest BCUT2D eigenvalue weighted by molar-refractivity contribution is 0.660. The summed E-state index contributed by atoms with van der Waals surface area (Å²) in [6.07, 6.45) is 0. The Morgan fingerprint density at radius 2 is 1.00 bits per heavy atom. The molecule has 1 heterocycles. The topological polar surface area (TPSA) is 3.24 Å². The Morgan fingerprint density at radius 1 is 0.396 bits per heavy atom. The predicted molar refractivity (Wildman–Crippen MR) is 230 cm³/mol. The average Bonchev–Trinajstić information content (AvgIpc) is 3.69. The van der Waals surface area contributed by atoms with E-state index in [0.717, 1.165) is 11.4 Å². The SMILES string of the molecule is CC1(C)c2ccccc2-c2ccc(N(c3ccc(-c4ccc5ccc6ccc7ccccc7c6c5c4)cc3)c3ccc4sc5ccccc5c4c3)cc21. The zero-order valence-corrected chi connectivity index (χ0v) is 30.4. The highest BCUT2D eigenvalue weighted by Gasteiger charge is 2.35. The molecule has 0 aliphatic heterocycles. The number of benzene rings is 9. The van der Waals surface area contributed by atoms with Crippen LogP contribution in [0.15, 0.2) is 176 Å². The molecule has 250 valence electrons. The van der Waals surface area contributed by atoms with Gasteiger partial charge >= 0.3 is 0 Å². The van der Waals surface area contributed by atoms with Crippen LogP contribution in [0, 0.1) is 0 Å². The van der Waals surface area contributed by atoms with Gasteiger partial charge in [0.25, 0.3) is 0 Å². The van der Waals surface area contributed by atoms with E-state index >= 15 is 0 Å². The van der Waals surface area contributed by atoms with E-state index in [1.54, 1.807) is 0 Å². The van der Waals surface area contributed by atoms with Crippen molar-refractivity contribution in [2.45, 2.75) is 19.3 Å². The summed E-state index contributed by atoms with van der Waals surface area (Å²) < 4.78 is 2.64. The second kappa shape index (κ2) is 11.4. The highest BCUT2D eigenvalue weighted by atomic mass is 32.1. The van der Waals surface area contributed by atoms with Crippen LogP contribution in [0.1, 0.15) is 25.0 Å². The van der Waals surface area contributed by atoms with Gasteiger partial charge in [0, 0.05) is 42.6 Å². The van der Waals surface area contributed by atoms with Gasteiger partial charge in [-0.15, -0.1) is 11.3 Å². The summed E-state index contributed by atoms with van der Waals surface area (Å²) in [6.45, 7) is 4.72. The van der Waals surface area contributed by atoms with Gasteiger partial charge in [-0.1, -0.05) is 135 Å². The van der Waals surface area contributed by atoms with Crippen LogP contribution in [0.3, 0.4) is 0 Å². The molecule has 0 atom stereocenters. The van der Waals surface area contributed by atoms with Crippen LogP contribution in [-0.2, 0) is 5.41 Å². The molecule has 0 amide bonds. The molecule has 1 aromatic heterocycles. The van der Waals surface area contributed by atoms with Gasteiger partial charge in [-0.25, -0.2) is 0 Å². The van der Waals surface area contributed by atoms with Crippen molar-refractivity contribution in [1.82, 2.24) is 0 Å². The number of hydrogen-bond acceptors (Lipinski definition) is 2. The standard InChI is InChI=1S/C51H35NS/c1-51(2)46-13-7-5-11-41(46)42-27-25-39(31-47(42)51)52(38-26-28-49-45(30-38)43-12-6-8-14-48(43)53-49)37-23-21-32(22-24-37)36-20-17-34-16-19-35-18-15-33-9-3-4-10-40(33)50(35)44(34)29-36/h3-31H,1-2H3. The maximum absolute atomic E-state index is 2.44. The van der Waals surface area contributed by atoms with Gasteiger partial charge < -0.3 is 4.90 Å². The zero-order valence-electron chi connectivity index (χ0n) is 29.6. The van der Waals surface area contributed by atoms with Gasteiger partial charge in [0.1, 0.15) is 0 Å². The van der Waals surface area contributed by atoms with Gasteiger partial charge in [-0.2, -0.15) is 0 Å². The Bertz CT molecular complexity index is 3090. The van der Waals surface area contributed by atoms with Crippen LogP contribution in [0.2, 0.25) is 0 Å². The second-order valence-corrected chi connectivity index (χ2v) is 16.0. The fourth-order valence-electron chi connectivity index (χ4n) is 8.94. The summed E-state index contributed by atoms with van der Waals surface area (Å²) in [6, 6.07) is 65.5. The first kappa shape index (κ1) is 30.4. The Morgan fingerprint density at radius 3 is 1.87 bits per heavy atom. The van der Waals surface area contributed by atoms with Crippen molar-refractivity contribution in [3.05, 3.63) is 187 Å². The monoisotopic (exact) mass is 693 g/mol. The van der Waals surface area contributed by atoms with Crippen molar-refractivity contribution in [3.8, 4) is 22.3 Å². The Labute approximate surface area is 313 Å². The molecule has 1 nitrogen and oxygen atoms in total. The van der Waals surface area contributed by atoms with Crippen molar-refractivity contribution in [2.75, 3.05) is 4.90 Å². The summed E-state index contributed by atoms with van der Waals surface area (Å²) in [5, 5.41) is 10.3. The fourth-order valence-corrected chi connectivity index (χ4v) is 10.0. The average molecular weight is 694 g/mol. The summed E-state index contributed by atoms with van der Waals surface area (Å²) in [5.74, 6) is 0. The molecule has 9 aromatic carbocycles. The van der Waals surface area contributed by atoms with E-state index in [9.17, 15) is 0 Å². The molecule has 0 radical (unpaired) electrons. The Hall–Kier alpha value is -6.22. The van der Waals surface area contributed by atoms with Crippen molar-refractivity contribution >= 4 is 80.9 Å². The first-order valence-corrected chi connectivity index (χ1v) is 19.2. The molecule has 0 saturated heterocycles. The largest absolute Gasteiger partial charge is 0.310 e. The molecule has 10 aromatic rings. The van der Waals surface area contributed by atoms with E-state index in [-0.39, 0.29) is 5.41 Å². The number of fused-ring (bicyclic) bond motifs is 11. The number of anilines is 3. The Balaban J connectivity index is 1.06. The summed E-state index contributed by atoms with van der Waals surface area (Å²) in [5.41, 5.74) is 11.2. The fraction of sp³-hybridized carbons (Fsp3) is 0.0588. The van der Waals surface area contributed by atoms with Crippen LogP contribution >= 0.6 is 11.3 Å². The zero-order chi connectivity index (χ0) is 35.3. The first-order valence-electron chi connectivity index (χ1n) is 18.4. The van der Waals surface area contributed by atoms with Crippen LogP contribution in [0.5, 0.6) is 0 Å². The maximum atomic E-state index is 2.44. The lowest BCUT2D eigenvalue weighted by atomic mass is 9.82. The van der Waals surface area contributed by atoms with Crippen molar-refractivity contribution < 1.29 is 0 Å². The third-order valence-corrected chi connectivity index (χ3v) is 12.8. The number of thiophene rings is 1. The highest BCUT2D eigenvalue weighted by Crippen LogP contribution is 2.51. The molecule has 1 aliphatic rings. The van der Waals surface area contributed by atoms with Crippen molar-refractivity contribution in [1.29, 1.82) is 0 Å². The number of nitrogens with zero attached hydrogens (tertiary/aromatic N) is 1. The van der Waals surface area contributed by atoms with Gasteiger partial charge in [0.15, 0.2) is 0 Å². The number of rotatable bonds is 4. The molecular weight excluding hydrogens is 659 g/mol. The van der Waals surface area contributed by atoms with Gasteiger partial charge in [0.2, 0.25) is 0 Å². The molecule has 2 heteroatoms. The summed E-state index contributed by atoms with van der Waals surface area (Å²) in [7, 11) is 0. The first-order chi connectivity index (χ1) is 26.0. The Kier molecular flexibility index (Phi) is 6.53. The van der Waals surface area contributed by atoms with E-state index < -0.39 is 0 Å². The van der Waals surface area contributed by atoms with Gasteiger partial charge in [-0.3, -0.25) is 0 Å².